The van der Waals surface area contributed by atoms with Crippen molar-refractivity contribution >= 4 is 34.9 Å². The van der Waals surface area contributed by atoms with Gasteiger partial charge in [0.25, 0.3) is 11.8 Å². The number of nitrogens with two attached hydrogens (primary N) is 2. The third-order valence-corrected chi connectivity index (χ3v) is 6.74. The van der Waals surface area contributed by atoms with Crippen LogP contribution in [-0.2, 0) is 16.1 Å². The molecule has 0 radical (unpaired) electrons. The van der Waals surface area contributed by atoms with E-state index in [2.05, 4.69) is 9.69 Å². The molecule has 1 saturated heterocycles. The smallest absolute Gasteiger partial charge is 0.270 e. The van der Waals surface area contributed by atoms with Crippen molar-refractivity contribution < 1.29 is 23.5 Å². The van der Waals surface area contributed by atoms with Crippen LogP contribution in [-0.4, -0.2) is 46.3 Å². The quantitative estimate of drug-likeness (QED) is 0.403. The van der Waals surface area contributed by atoms with Crippen LogP contribution in [0.15, 0.2) is 54.6 Å². The van der Waals surface area contributed by atoms with Gasteiger partial charge in [-0.1, -0.05) is 42.5 Å². The normalized spacial score (nSPS) is 15.9. The molecular weight excluding hydrogens is 485 g/mol. The van der Waals surface area contributed by atoms with E-state index < -0.39 is 29.6 Å². The van der Waals surface area contributed by atoms with Gasteiger partial charge in [-0.05, 0) is 47.6 Å². The van der Waals surface area contributed by atoms with Gasteiger partial charge in [-0.15, -0.1) is 0 Å². The number of amides is 3. The number of aromatic nitrogens is 1. The van der Waals surface area contributed by atoms with Crippen LogP contribution in [0, 0.1) is 5.82 Å². The second kappa shape index (κ2) is 11.3. The molecule has 0 spiro atoms. The molecule has 9 nitrogen and oxygen atoms in total. The lowest BCUT2D eigenvalue weighted by Gasteiger charge is -2.31. The predicted octanol–water partition coefficient (Wildman–Crippen LogP) is 2.64. The fourth-order valence-electron chi connectivity index (χ4n) is 4.05. The number of anilines is 1. The highest BCUT2D eigenvalue weighted by Crippen LogP contribution is 2.30. The zero-order chi connectivity index (χ0) is 25.7. The monoisotopic (exact) mass is 511 g/mol. The Balaban J connectivity index is 1.74. The minimum Gasteiger partial charge on any atom is -0.395 e. The maximum absolute atomic E-state index is 13.8. The number of rotatable bonds is 9. The van der Waals surface area contributed by atoms with E-state index in [9.17, 15) is 18.8 Å². The number of carbonyl (C=O) groups excluding carboxylic acids is 3. The standard InChI is InChI=1S/C25H26FN5O4S/c26-17-10-8-16(9-11-17)21(24(33)29-13-18-7-4-12-35-18)31(14-15-5-2-1-3-6-15)25(34)22-19(27)20(23(28)32)30-36-22/h1-3,5-6,8-11,18,21H,4,7,12-14,27H2,(H2,28,32)(H,29,33). The minimum absolute atomic E-state index is 0.0150. The van der Waals surface area contributed by atoms with Crippen molar-refractivity contribution in [3.05, 3.63) is 82.1 Å². The zero-order valence-electron chi connectivity index (χ0n) is 19.4. The lowest BCUT2D eigenvalue weighted by molar-refractivity contribution is -0.126. The molecule has 2 aromatic carbocycles. The van der Waals surface area contributed by atoms with Crippen molar-refractivity contribution in [2.45, 2.75) is 31.5 Å². The number of carbonyl (C=O) groups is 3. The van der Waals surface area contributed by atoms with Crippen LogP contribution in [0.5, 0.6) is 0 Å². The summed E-state index contributed by atoms with van der Waals surface area (Å²) in [4.78, 5) is 40.4. The Labute approximate surface area is 211 Å². The van der Waals surface area contributed by atoms with E-state index in [-0.39, 0.29) is 35.5 Å². The van der Waals surface area contributed by atoms with Crippen molar-refractivity contribution in [2.75, 3.05) is 18.9 Å². The highest BCUT2D eigenvalue weighted by molar-refractivity contribution is 7.09. The summed E-state index contributed by atoms with van der Waals surface area (Å²) in [6.07, 6.45) is 1.62. The Hall–Kier alpha value is -3.83. The van der Waals surface area contributed by atoms with Crippen molar-refractivity contribution in [2.24, 2.45) is 5.73 Å². The van der Waals surface area contributed by atoms with Crippen LogP contribution in [0.25, 0.3) is 0 Å². The first-order chi connectivity index (χ1) is 17.3. The average molecular weight is 512 g/mol. The summed E-state index contributed by atoms with van der Waals surface area (Å²) in [6, 6.07) is 13.3. The summed E-state index contributed by atoms with van der Waals surface area (Å²) in [5.74, 6) is -2.40. The van der Waals surface area contributed by atoms with Gasteiger partial charge in [0.05, 0.1) is 11.8 Å². The van der Waals surface area contributed by atoms with E-state index in [1.165, 1.54) is 29.2 Å². The first kappa shape index (κ1) is 25.3. The Morgan fingerprint density at radius 3 is 2.50 bits per heavy atom. The maximum Gasteiger partial charge on any atom is 0.270 e. The number of benzene rings is 2. The molecule has 0 bridgehead atoms. The van der Waals surface area contributed by atoms with Crippen LogP contribution >= 0.6 is 11.5 Å². The average Bonchev–Trinajstić information content (AvgIpc) is 3.53. The molecule has 1 aromatic heterocycles. The van der Waals surface area contributed by atoms with Crippen molar-refractivity contribution in [3.8, 4) is 0 Å². The minimum atomic E-state index is -1.13. The van der Waals surface area contributed by atoms with Crippen molar-refractivity contribution in [1.82, 2.24) is 14.6 Å². The molecular formula is C25H26FN5O4S. The van der Waals surface area contributed by atoms with Gasteiger partial charge in [0, 0.05) is 19.7 Å². The van der Waals surface area contributed by atoms with E-state index >= 15 is 0 Å². The van der Waals surface area contributed by atoms with Crippen molar-refractivity contribution in [1.29, 1.82) is 0 Å². The molecule has 1 fully saturated rings. The van der Waals surface area contributed by atoms with Gasteiger partial charge in [-0.25, -0.2) is 4.39 Å². The number of hydrogen-bond acceptors (Lipinski definition) is 7. The third-order valence-electron chi connectivity index (χ3n) is 5.89. The molecule has 11 heteroatoms. The Morgan fingerprint density at radius 1 is 1.17 bits per heavy atom. The van der Waals surface area contributed by atoms with Gasteiger partial charge in [-0.2, -0.15) is 4.37 Å². The number of nitrogen functional groups attached to an aromatic ring is 1. The van der Waals surface area contributed by atoms with E-state index in [0.29, 0.717) is 12.2 Å². The number of primary amides is 1. The molecule has 2 unspecified atom stereocenters. The highest BCUT2D eigenvalue weighted by atomic mass is 32.1. The fraction of sp³-hybridized carbons (Fsp3) is 0.280. The lowest BCUT2D eigenvalue weighted by Crippen LogP contribution is -2.45. The van der Waals surface area contributed by atoms with Crippen LogP contribution < -0.4 is 16.8 Å². The van der Waals surface area contributed by atoms with Gasteiger partial charge in [0.2, 0.25) is 5.91 Å². The fourth-order valence-corrected chi connectivity index (χ4v) is 4.82. The van der Waals surface area contributed by atoms with E-state index in [4.69, 9.17) is 16.2 Å². The SMILES string of the molecule is NC(=O)c1nsc(C(=O)N(Cc2ccccc2)C(C(=O)NCC2CCCO2)c2ccc(F)cc2)c1N. The molecule has 2 heterocycles. The van der Waals surface area contributed by atoms with Gasteiger partial charge in [-0.3, -0.25) is 14.4 Å². The largest absolute Gasteiger partial charge is 0.395 e. The Kier molecular flexibility index (Phi) is 7.91. The van der Waals surface area contributed by atoms with Gasteiger partial charge in [0.15, 0.2) is 5.69 Å². The molecule has 0 aliphatic carbocycles. The molecule has 2 atom stereocenters. The van der Waals surface area contributed by atoms with Crippen molar-refractivity contribution in [3.63, 3.8) is 0 Å². The summed E-state index contributed by atoms with van der Waals surface area (Å²) in [7, 11) is 0. The molecule has 3 amide bonds. The highest BCUT2D eigenvalue weighted by Gasteiger charge is 2.35. The summed E-state index contributed by atoms with van der Waals surface area (Å²) in [5, 5.41) is 2.88. The van der Waals surface area contributed by atoms with Crippen LogP contribution in [0.2, 0.25) is 0 Å². The zero-order valence-corrected chi connectivity index (χ0v) is 20.2. The number of halogens is 1. The topological polar surface area (TPSA) is 141 Å². The van der Waals surface area contributed by atoms with E-state index in [1.807, 2.05) is 30.3 Å². The van der Waals surface area contributed by atoms with Gasteiger partial charge < -0.3 is 26.4 Å². The second-order valence-electron chi connectivity index (χ2n) is 8.39. The molecule has 3 aromatic rings. The first-order valence-corrected chi connectivity index (χ1v) is 12.2. The summed E-state index contributed by atoms with van der Waals surface area (Å²) in [6.45, 7) is 0.949. The number of ether oxygens (including phenoxy) is 1. The second-order valence-corrected chi connectivity index (χ2v) is 9.16. The number of hydrogen-bond donors (Lipinski definition) is 3. The number of nitrogens with one attached hydrogen (secondary N) is 1. The van der Waals surface area contributed by atoms with E-state index in [0.717, 1.165) is 29.9 Å². The lowest BCUT2D eigenvalue weighted by atomic mass is 10.0. The van der Waals surface area contributed by atoms with Gasteiger partial charge in [0.1, 0.15) is 16.7 Å². The summed E-state index contributed by atoms with van der Waals surface area (Å²) < 4.78 is 23.3. The molecule has 0 saturated carbocycles. The summed E-state index contributed by atoms with van der Waals surface area (Å²) in [5.41, 5.74) is 12.2. The van der Waals surface area contributed by atoms with Gasteiger partial charge >= 0.3 is 0 Å². The molecule has 5 N–H and O–H groups in total. The molecule has 36 heavy (non-hydrogen) atoms. The van der Waals surface area contributed by atoms with E-state index in [1.54, 1.807) is 0 Å². The summed E-state index contributed by atoms with van der Waals surface area (Å²) >= 11 is 0.733. The molecule has 188 valence electrons. The Bertz CT molecular complexity index is 1230. The Morgan fingerprint density at radius 2 is 1.89 bits per heavy atom. The number of nitrogens with zero attached hydrogens (tertiary/aromatic N) is 2. The molecule has 1 aliphatic heterocycles. The first-order valence-electron chi connectivity index (χ1n) is 11.4. The molecule has 4 rings (SSSR count). The maximum atomic E-state index is 13.8. The van der Waals surface area contributed by atoms with Crippen LogP contribution in [0.1, 0.15) is 50.2 Å². The third kappa shape index (κ3) is 5.69. The molecule has 1 aliphatic rings. The van der Waals surface area contributed by atoms with Crippen LogP contribution in [0.3, 0.4) is 0 Å². The van der Waals surface area contributed by atoms with Crippen LogP contribution in [0.4, 0.5) is 10.1 Å². The predicted molar refractivity (Wildman–Crippen MR) is 132 cm³/mol.